The van der Waals surface area contributed by atoms with Crippen molar-refractivity contribution in [2.45, 2.75) is 53.1 Å². The number of hydrogen-bond acceptors (Lipinski definition) is 2. The fourth-order valence-electron chi connectivity index (χ4n) is 2.22. The Morgan fingerprint density at radius 1 is 1.33 bits per heavy atom. The smallest absolute Gasteiger partial charge is 0.0621 e. The summed E-state index contributed by atoms with van der Waals surface area (Å²) in [4.78, 5) is 0. The molecule has 1 saturated heterocycles. The zero-order valence-electron chi connectivity index (χ0n) is 10.8. The number of ether oxygens (including phenoxy) is 1. The van der Waals surface area contributed by atoms with Crippen LogP contribution in [0, 0.1) is 11.3 Å². The predicted molar refractivity (Wildman–Crippen MR) is 65.1 cm³/mol. The van der Waals surface area contributed by atoms with Gasteiger partial charge in [0.25, 0.3) is 0 Å². The van der Waals surface area contributed by atoms with Gasteiger partial charge in [-0.05, 0) is 37.1 Å². The number of rotatable bonds is 5. The minimum absolute atomic E-state index is 0.387. The molecule has 0 radical (unpaired) electrons. The van der Waals surface area contributed by atoms with Crippen molar-refractivity contribution in [1.82, 2.24) is 5.32 Å². The van der Waals surface area contributed by atoms with E-state index in [1.165, 1.54) is 19.3 Å². The quantitative estimate of drug-likeness (QED) is 0.709. The van der Waals surface area contributed by atoms with Crippen molar-refractivity contribution in [1.29, 1.82) is 0 Å². The van der Waals surface area contributed by atoms with Gasteiger partial charge in [0.1, 0.15) is 0 Å². The van der Waals surface area contributed by atoms with Crippen LogP contribution in [0.3, 0.4) is 0 Å². The average Bonchev–Trinajstić information content (AvgIpc) is 2.50. The van der Waals surface area contributed by atoms with E-state index in [0.717, 1.165) is 25.6 Å². The second kappa shape index (κ2) is 5.86. The van der Waals surface area contributed by atoms with Crippen LogP contribution in [0.2, 0.25) is 0 Å². The lowest BCUT2D eigenvalue weighted by molar-refractivity contribution is 0.0560. The SMILES string of the molecule is CCCNCC1CCOC1CC(C)(C)C. The Morgan fingerprint density at radius 3 is 2.67 bits per heavy atom. The normalized spacial score (nSPS) is 27.2. The summed E-state index contributed by atoms with van der Waals surface area (Å²) in [7, 11) is 0. The third kappa shape index (κ3) is 4.98. The molecule has 2 unspecified atom stereocenters. The minimum Gasteiger partial charge on any atom is -0.378 e. The van der Waals surface area contributed by atoms with Gasteiger partial charge in [-0.1, -0.05) is 27.7 Å². The molecule has 90 valence electrons. The van der Waals surface area contributed by atoms with Crippen molar-refractivity contribution >= 4 is 0 Å². The molecule has 1 heterocycles. The molecule has 1 aliphatic heterocycles. The van der Waals surface area contributed by atoms with Gasteiger partial charge in [0.05, 0.1) is 6.10 Å². The monoisotopic (exact) mass is 213 g/mol. The Balaban J connectivity index is 2.29. The summed E-state index contributed by atoms with van der Waals surface area (Å²) in [6, 6.07) is 0. The first-order valence-corrected chi connectivity index (χ1v) is 6.35. The molecule has 15 heavy (non-hydrogen) atoms. The molecule has 0 spiro atoms. The molecule has 1 aliphatic rings. The lowest BCUT2D eigenvalue weighted by Gasteiger charge is -2.26. The molecule has 2 nitrogen and oxygen atoms in total. The van der Waals surface area contributed by atoms with Crippen molar-refractivity contribution in [3.8, 4) is 0 Å². The molecular weight excluding hydrogens is 186 g/mol. The van der Waals surface area contributed by atoms with Gasteiger partial charge < -0.3 is 10.1 Å². The van der Waals surface area contributed by atoms with Crippen LogP contribution in [0.25, 0.3) is 0 Å². The van der Waals surface area contributed by atoms with Crippen LogP contribution >= 0.6 is 0 Å². The Labute approximate surface area is 94.8 Å². The van der Waals surface area contributed by atoms with Crippen LogP contribution in [0.15, 0.2) is 0 Å². The third-order valence-electron chi connectivity index (χ3n) is 2.99. The van der Waals surface area contributed by atoms with E-state index in [9.17, 15) is 0 Å². The molecule has 1 fully saturated rings. The molecule has 0 saturated carbocycles. The highest BCUT2D eigenvalue weighted by Crippen LogP contribution is 2.31. The zero-order valence-corrected chi connectivity index (χ0v) is 10.8. The van der Waals surface area contributed by atoms with Gasteiger partial charge >= 0.3 is 0 Å². The van der Waals surface area contributed by atoms with Crippen LogP contribution in [0.5, 0.6) is 0 Å². The molecular formula is C13H27NO. The maximum absolute atomic E-state index is 5.83. The standard InChI is InChI=1S/C13H27NO/c1-5-7-14-10-11-6-8-15-12(11)9-13(2,3)4/h11-12,14H,5-10H2,1-4H3. The maximum atomic E-state index is 5.83. The summed E-state index contributed by atoms with van der Waals surface area (Å²) in [5.41, 5.74) is 0.387. The summed E-state index contributed by atoms with van der Waals surface area (Å²) in [6.45, 7) is 12.3. The lowest BCUT2D eigenvalue weighted by Crippen LogP contribution is -2.31. The molecule has 0 aromatic carbocycles. The Bertz CT molecular complexity index is 174. The molecule has 2 atom stereocenters. The van der Waals surface area contributed by atoms with E-state index in [0.29, 0.717) is 11.5 Å². The average molecular weight is 213 g/mol. The first kappa shape index (κ1) is 13.0. The van der Waals surface area contributed by atoms with E-state index in [-0.39, 0.29) is 0 Å². The van der Waals surface area contributed by atoms with Crippen molar-refractivity contribution in [2.75, 3.05) is 19.7 Å². The fourth-order valence-corrected chi connectivity index (χ4v) is 2.22. The highest BCUT2D eigenvalue weighted by Gasteiger charge is 2.31. The Kier molecular flexibility index (Phi) is 5.07. The molecule has 2 heteroatoms. The second-order valence-electron chi connectivity index (χ2n) is 5.93. The van der Waals surface area contributed by atoms with E-state index in [1.54, 1.807) is 0 Å². The van der Waals surface area contributed by atoms with E-state index < -0.39 is 0 Å². The summed E-state index contributed by atoms with van der Waals surface area (Å²) >= 11 is 0. The van der Waals surface area contributed by atoms with Crippen molar-refractivity contribution < 1.29 is 4.74 Å². The highest BCUT2D eigenvalue weighted by atomic mass is 16.5. The minimum atomic E-state index is 0.387. The van der Waals surface area contributed by atoms with Gasteiger partial charge in [-0.3, -0.25) is 0 Å². The van der Waals surface area contributed by atoms with Crippen molar-refractivity contribution in [2.24, 2.45) is 11.3 Å². The summed E-state index contributed by atoms with van der Waals surface area (Å²) in [5, 5.41) is 3.51. The second-order valence-corrected chi connectivity index (χ2v) is 5.93. The van der Waals surface area contributed by atoms with Crippen LogP contribution in [0.4, 0.5) is 0 Å². The number of nitrogens with one attached hydrogen (secondary N) is 1. The maximum Gasteiger partial charge on any atom is 0.0621 e. The van der Waals surface area contributed by atoms with E-state index >= 15 is 0 Å². The van der Waals surface area contributed by atoms with E-state index in [1.807, 2.05) is 0 Å². The van der Waals surface area contributed by atoms with Crippen LogP contribution in [-0.4, -0.2) is 25.8 Å². The topological polar surface area (TPSA) is 21.3 Å². The summed E-state index contributed by atoms with van der Waals surface area (Å²) in [6.07, 6.45) is 4.12. The Morgan fingerprint density at radius 2 is 2.07 bits per heavy atom. The zero-order chi connectivity index (χ0) is 11.3. The van der Waals surface area contributed by atoms with Crippen LogP contribution in [-0.2, 0) is 4.74 Å². The van der Waals surface area contributed by atoms with Gasteiger partial charge in [0, 0.05) is 13.2 Å². The lowest BCUT2D eigenvalue weighted by atomic mass is 9.84. The molecule has 1 rings (SSSR count). The largest absolute Gasteiger partial charge is 0.378 e. The van der Waals surface area contributed by atoms with Gasteiger partial charge in [0.2, 0.25) is 0 Å². The molecule has 0 aromatic rings. The van der Waals surface area contributed by atoms with E-state index in [2.05, 4.69) is 33.0 Å². The molecule has 1 N–H and O–H groups in total. The van der Waals surface area contributed by atoms with Crippen LogP contribution in [0.1, 0.15) is 47.0 Å². The highest BCUT2D eigenvalue weighted by molar-refractivity contribution is 4.81. The van der Waals surface area contributed by atoms with E-state index in [4.69, 9.17) is 4.74 Å². The molecule has 0 aliphatic carbocycles. The number of hydrogen-bond donors (Lipinski definition) is 1. The van der Waals surface area contributed by atoms with Gasteiger partial charge in [-0.2, -0.15) is 0 Å². The fraction of sp³-hybridized carbons (Fsp3) is 1.00. The summed E-state index contributed by atoms with van der Waals surface area (Å²) < 4.78 is 5.83. The van der Waals surface area contributed by atoms with Gasteiger partial charge in [0.15, 0.2) is 0 Å². The van der Waals surface area contributed by atoms with Crippen molar-refractivity contribution in [3.63, 3.8) is 0 Å². The first-order chi connectivity index (χ1) is 7.03. The molecule has 0 amide bonds. The van der Waals surface area contributed by atoms with Gasteiger partial charge in [-0.15, -0.1) is 0 Å². The Hall–Kier alpha value is -0.0800. The summed E-state index contributed by atoms with van der Waals surface area (Å²) in [5.74, 6) is 0.732. The van der Waals surface area contributed by atoms with Crippen molar-refractivity contribution in [3.05, 3.63) is 0 Å². The van der Waals surface area contributed by atoms with Crippen LogP contribution < -0.4 is 5.32 Å². The third-order valence-corrected chi connectivity index (χ3v) is 2.99. The predicted octanol–water partition coefficient (Wildman–Crippen LogP) is 2.83. The molecule has 0 bridgehead atoms. The first-order valence-electron chi connectivity index (χ1n) is 6.35. The van der Waals surface area contributed by atoms with Gasteiger partial charge in [-0.25, -0.2) is 0 Å². The molecule has 0 aromatic heterocycles.